The van der Waals surface area contributed by atoms with Crippen LogP contribution >= 0.6 is 11.6 Å². The van der Waals surface area contributed by atoms with Crippen LogP contribution in [0, 0.1) is 13.8 Å². The Morgan fingerprint density at radius 1 is 1.17 bits per heavy atom. The normalized spacial score (nSPS) is 21.6. The number of aromatic hydroxyl groups is 1. The fourth-order valence-corrected chi connectivity index (χ4v) is 5.62. The van der Waals surface area contributed by atoms with Gasteiger partial charge in [-0.25, -0.2) is 0 Å². The maximum Gasteiger partial charge on any atom is 0.315 e. The zero-order valence-electron chi connectivity index (χ0n) is 17.9. The molecule has 1 unspecified atom stereocenters. The number of hydrogen-bond acceptors (Lipinski definition) is 4. The maximum atomic E-state index is 12.9. The van der Waals surface area contributed by atoms with Crippen molar-refractivity contribution in [2.24, 2.45) is 0 Å². The Labute approximate surface area is 181 Å². The summed E-state index contributed by atoms with van der Waals surface area (Å²) in [6.07, 6.45) is 3.87. The van der Waals surface area contributed by atoms with E-state index in [0.717, 1.165) is 31.2 Å². The third kappa shape index (κ3) is 3.13. The predicted octanol–water partition coefficient (Wildman–Crippen LogP) is 3.83. The van der Waals surface area contributed by atoms with E-state index in [0.29, 0.717) is 12.4 Å². The van der Waals surface area contributed by atoms with Gasteiger partial charge in [-0.15, -0.1) is 11.6 Å². The van der Waals surface area contributed by atoms with Crippen LogP contribution in [0.3, 0.4) is 0 Å². The summed E-state index contributed by atoms with van der Waals surface area (Å²) < 4.78 is 1.67. The molecule has 1 amide bonds. The number of hydrogen-bond donors (Lipinski definition) is 1. The highest BCUT2D eigenvalue weighted by molar-refractivity contribution is 6.21. The Hall–Kier alpha value is -2.34. The summed E-state index contributed by atoms with van der Waals surface area (Å²) in [6.45, 7) is 6.51. The van der Waals surface area contributed by atoms with Crippen molar-refractivity contribution in [3.8, 4) is 5.75 Å². The molecule has 30 heavy (non-hydrogen) atoms. The molecule has 0 spiro atoms. The van der Waals surface area contributed by atoms with E-state index in [-0.39, 0.29) is 23.1 Å². The molecule has 160 valence electrons. The van der Waals surface area contributed by atoms with Gasteiger partial charge in [-0.3, -0.25) is 9.59 Å². The second-order valence-electron chi connectivity index (χ2n) is 8.95. The zero-order valence-corrected chi connectivity index (χ0v) is 18.7. The van der Waals surface area contributed by atoms with E-state index in [4.69, 9.17) is 11.6 Å². The summed E-state index contributed by atoms with van der Waals surface area (Å²) in [5.41, 5.74) is 2.32. The Bertz CT molecular complexity index is 1050. The first-order chi connectivity index (χ1) is 14.2. The average Bonchev–Trinajstić information content (AvgIpc) is 3.18. The summed E-state index contributed by atoms with van der Waals surface area (Å²) in [5, 5.41) is 9.77. The van der Waals surface area contributed by atoms with Gasteiger partial charge in [0.1, 0.15) is 11.2 Å². The Kier molecular flexibility index (Phi) is 5.17. The first-order valence-corrected chi connectivity index (χ1v) is 10.9. The first-order valence-electron chi connectivity index (χ1n) is 10.5. The van der Waals surface area contributed by atoms with Crippen LogP contribution in [0.2, 0.25) is 0 Å². The number of alkyl halides is 1. The number of rotatable bonds is 3. The molecule has 0 radical (unpaired) electrons. The molecule has 0 bridgehead atoms. The van der Waals surface area contributed by atoms with Crippen LogP contribution in [0.1, 0.15) is 71.0 Å². The molecule has 7 heteroatoms. The van der Waals surface area contributed by atoms with Gasteiger partial charge in [-0.05, 0) is 39.2 Å². The topological polar surface area (TPSA) is 75.4 Å². The summed E-state index contributed by atoms with van der Waals surface area (Å²) in [6, 6.07) is 6.38. The lowest BCUT2D eigenvalue weighted by molar-refractivity contribution is 0.0660. The second kappa shape index (κ2) is 7.41. The quantitative estimate of drug-likeness (QED) is 0.752. The second-order valence-corrected chi connectivity index (χ2v) is 9.39. The largest absolute Gasteiger partial charge is 0.501 e. The smallest absolute Gasteiger partial charge is 0.315 e. The standard InChI is InChI=1S/C23H28ClN3O3/c1-13-9-14(2)11-16(10-13)23(7-5-6-8-23)19(24)20-25-21(29)18(28)17-22(30)26(4)15(3)12-27(17)20/h9-11,15,19,28H,5-8,12H2,1-4H3/t15-,19?/m0/s1. The van der Waals surface area contributed by atoms with Gasteiger partial charge in [0.25, 0.3) is 5.91 Å². The number of amides is 1. The molecule has 2 atom stereocenters. The number of halogens is 1. The number of benzene rings is 1. The monoisotopic (exact) mass is 429 g/mol. The van der Waals surface area contributed by atoms with Crippen molar-refractivity contribution in [2.45, 2.75) is 69.8 Å². The van der Waals surface area contributed by atoms with Gasteiger partial charge in [0.2, 0.25) is 5.75 Å². The lowest BCUT2D eigenvalue weighted by atomic mass is 9.74. The molecule has 1 aromatic heterocycles. The third-order valence-corrected chi connectivity index (χ3v) is 7.44. The van der Waals surface area contributed by atoms with Gasteiger partial charge >= 0.3 is 5.56 Å². The molecule has 4 rings (SSSR count). The van der Waals surface area contributed by atoms with E-state index in [2.05, 4.69) is 37.0 Å². The number of fused-ring (bicyclic) bond motifs is 1. The SMILES string of the molecule is Cc1cc(C)cc(C2(C(Cl)c3nc(=O)c(O)c4n3C[C@H](C)N(C)C4=O)CCCC2)c1. The molecule has 2 aliphatic rings. The molecule has 1 aliphatic heterocycles. The van der Waals surface area contributed by atoms with E-state index in [1.54, 1.807) is 11.6 Å². The van der Waals surface area contributed by atoms with Crippen molar-refractivity contribution in [3.63, 3.8) is 0 Å². The van der Waals surface area contributed by atoms with Crippen LogP contribution in [0.5, 0.6) is 5.75 Å². The zero-order chi connectivity index (χ0) is 21.8. The van der Waals surface area contributed by atoms with Crippen molar-refractivity contribution in [3.05, 3.63) is 56.8 Å². The summed E-state index contributed by atoms with van der Waals surface area (Å²) in [5.74, 6) is -0.607. The molecule has 1 N–H and O–H groups in total. The minimum Gasteiger partial charge on any atom is -0.501 e. The molecule has 6 nitrogen and oxygen atoms in total. The molecular weight excluding hydrogens is 402 g/mol. The maximum absolute atomic E-state index is 12.9. The third-order valence-electron chi connectivity index (χ3n) is 6.82. The van der Waals surface area contributed by atoms with Crippen LogP contribution in [0.25, 0.3) is 0 Å². The highest BCUT2D eigenvalue weighted by atomic mass is 35.5. The number of likely N-dealkylation sites (N-methyl/N-ethyl adjacent to an activating group) is 1. The van der Waals surface area contributed by atoms with Crippen LogP contribution in [0.4, 0.5) is 0 Å². The molecule has 1 fully saturated rings. The highest BCUT2D eigenvalue weighted by Gasteiger charge is 2.46. The molecule has 2 heterocycles. The van der Waals surface area contributed by atoms with Crippen molar-refractivity contribution in [1.82, 2.24) is 14.5 Å². The van der Waals surface area contributed by atoms with Crippen LogP contribution < -0.4 is 5.56 Å². The summed E-state index contributed by atoms with van der Waals surface area (Å²) >= 11 is 7.17. The summed E-state index contributed by atoms with van der Waals surface area (Å²) in [7, 11) is 1.67. The Balaban J connectivity index is 1.92. The van der Waals surface area contributed by atoms with Gasteiger partial charge in [-0.2, -0.15) is 4.98 Å². The molecular formula is C23H28ClN3O3. The minimum atomic E-state index is -0.799. The molecule has 0 saturated heterocycles. The van der Waals surface area contributed by atoms with Gasteiger partial charge in [0, 0.05) is 25.0 Å². The first kappa shape index (κ1) is 20.9. The van der Waals surface area contributed by atoms with Crippen LogP contribution in [-0.2, 0) is 12.0 Å². The van der Waals surface area contributed by atoms with E-state index < -0.39 is 16.7 Å². The van der Waals surface area contributed by atoms with Crippen molar-refractivity contribution < 1.29 is 9.90 Å². The Morgan fingerprint density at radius 2 is 1.77 bits per heavy atom. The van der Waals surface area contributed by atoms with Crippen molar-refractivity contribution in [2.75, 3.05) is 7.05 Å². The highest BCUT2D eigenvalue weighted by Crippen LogP contribution is 2.53. The van der Waals surface area contributed by atoms with Crippen LogP contribution in [-0.4, -0.2) is 38.6 Å². The number of carbonyl (C=O) groups is 1. The van der Waals surface area contributed by atoms with Crippen LogP contribution in [0.15, 0.2) is 23.0 Å². The molecule has 1 aliphatic carbocycles. The van der Waals surface area contributed by atoms with E-state index in [9.17, 15) is 14.7 Å². The average molecular weight is 430 g/mol. The predicted molar refractivity (Wildman–Crippen MR) is 116 cm³/mol. The van der Waals surface area contributed by atoms with Gasteiger partial charge in [0.05, 0.1) is 0 Å². The van der Waals surface area contributed by atoms with Gasteiger partial charge in [-0.1, -0.05) is 42.2 Å². The molecule has 2 aromatic rings. The minimum absolute atomic E-state index is 0.00943. The van der Waals surface area contributed by atoms with E-state index >= 15 is 0 Å². The number of aryl methyl sites for hydroxylation is 2. The fraction of sp³-hybridized carbons (Fsp3) is 0.522. The summed E-state index contributed by atoms with van der Waals surface area (Å²) in [4.78, 5) is 31.1. The molecule has 1 aromatic carbocycles. The number of nitrogens with zero attached hydrogens (tertiary/aromatic N) is 3. The van der Waals surface area contributed by atoms with E-state index in [1.807, 2.05) is 6.92 Å². The lowest BCUT2D eigenvalue weighted by Crippen LogP contribution is -2.47. The fourth-order valence-electron chi connectivity index (χ4n) is 5.11. The van der Waals surface area contributed by atoms with Gasteiger partial charge < -0.3 is 14.6 Å². The van der Waals surface area contributed by atoms with Crippen molar-refractivity contribution in [1.29, 1.82) is 0 Å². The van der Waals surface area contributed by atoms with Gasteiger partial charge in [0.15, 0.2) is 5.69 Å². The molecule has 1 saturated carbocycles. The number of aromatic nitrogens is 2. The van der Waals surface area contributed by atoms with E-state index in [1.165, 1.54) is 16.0 Å². The lowest BCUT2D eigenvalue weighted by Gasteiger charge is -2.39. The number of carbonyl (C=O) groups excluding carboxylic acids is 1. The Morgan fingerprint density at radius 3 is 2.37 bits per heavy atom. The van der Waals surface area contributed by atoms with Crippen molar-refractivity contribution >= 4 is 17.5 Å².